The van der Waals surface area contributed by atoms with Crippen molar-refractivity contribution >= 4 is 40.6 Å². The molecule has 0 saturated carbocycles. The number of carbonyl (C=O) groups is 4. The van der Waals surface area contributed by atoms with Gasteiger partial charge >= 0.3 is 0 Å². The lowest BCUT2D eigenvalue weighted by molar-refractivity contribution is -0.126. The summed E-state index contributed by atoms with van der Waals surface area (Å²) in [6.45, 7) is 3.61. The van der Waals surface area contributed by atoms with Gasteiger partial charge in [0, 0.05) is 34.7 Å². The molecule has 0 aliphatic carbocycles. The lowest BCUT2D eigenvalue weighted by atomic mass is 9.96. The number of rotatable bonds is 6. The smallest absolute Gasteiger partial charge is 0.255 e. The van der Waals surface area contributed by atoms with Crippen molar-refractivity contribution in [3.63, 3.8) is 0 Å². The molecule has 3 amide bonds. The zero-order chi connectivity index (χ0) is 24.4. The van der Waals surface area contributed by atoms with Crippen molar-refractivity contribution in [3.8, 4) is 0 Å². The first-order valence-electron chi connectivity index (χ1n) is 10.7. The van der Waals surface area contributed by atoms with Crippen LogP contribution in [0.25, 0.3) is 0 Å². The van der Waals surface area contributed by atoms with Gasteiger partial charge in [-0.05, 0) is 74.0 Å². The first-order valence-corrected chi connectivity index (χ1v) is 10.7. The largest absolute Gasteiger partial charge is 0.325 e. The topological polar surface area (TPSA) is 95.6 Å². The fourth-order valence-electron chi connectivity index (χ4n) is 3.96. The maximum atomic E-state index is 13.4. The normalized spacial score (nSPS) is 14.5. The van der Waals surface area contributed by atoms with E-state index in [0.717, 1.165) is 0 Å². The molecule has 0 aromatic heterocycles. The van der Waals surface area contributed by atoms with Gasteiger partial charge in [-0.1, -0.05) is 12.1 Å². The van der Waals surface area contributed by atoms with Crippen LogP contribution in [0.3, 0.4) is 0 Å². The Morgan fingerprint density at radius 1 is 0.912 bits per heavy atom. The predicted octanol–water partition coefficient (Wildman–Crippen LogP) is 4.37. The zero-order valence-electron chi connectivity index (χ0n) is 18.6. The van der Waals surface area contributed by atoms with Crippen LogP contribution in [-0.4, -0.2) is 30.0 Å². The zero-order valence-corrected chi connectivity index (χ0v) is 18.6. The summed E-state index contributed by atoms with van der Waals surface area (Å²) in [6, 6.07) is 16.6. The van der Waals surface area contributed by atoms with Gasteiger partial charge in [0.05, 0.1) is 0 Å². The summed E-state index contributed by atoms with van der Waals surface area (Å²) in [7, 11) is 0. The van der Waals surface area contributed by atoms with E-state index in [9.17, 15) is 23.6 Å². The molecule has 0 saturated heterocycles. The number of benzene rings is 3. The van der Waals surface area contributed by atoms with Crippen LogP contribution in [0.2, 0.25) is 0 Å². The molecule has 4 rings (SSSR count). The van der Waals surface area contributed by atoms with Crippen LogP contribution >= 0.6 is 0 Å². The molecule has 34 heavy (non-hydrogen) atoms. The fourth-order valence-corrected chi connectivity index (χ4v) is 3.96. The number of amides is 3. The average molecular weight is 459 g/mol. The third-order valence-electron chi connectivity index (χ3n) is 5.60. The van der Waals surface area contributed by atoms with Gasteiger partial charge in [-0.25, -0.2) is 4.39 Å². The molecule has 8 heteroatoms. The molecule has 0 bridgehead atoms. The van der Waals surface area contributed by atoms with Crippen molar-refractivity contribution in [3.05, 3.63) is 89.2 Å². The van der Waals surface area contributed by atoms with Crippen LogP contribution in [0.15, 0.2) is 66.7 Å². The molecule has 172 valence electrons. The van der Waals surface area contributed by atoms with E-state index in [1.54, 1.807) is 42.5 Å². The summed E-state index contributed by atoms with van der Waals surface area (Å²) in [5.74, 6) is -3.18. The Bertz CT molecular complexity index is 1320. The van der Waals surface area contributed by atoms with E-state index in [1.807, 2.05) is 6.92 Å². The summed E-state index contributed by atoms with van der Waals surface area (Å²) in [4.78, 5) is 52.1. The minimum atomic E-state index is -1.11. The highest BCUT2D eigenvalue weighted by molar-refractivity contribution is 6.21. The molecule has 1 aliphatic rings. The quantitative estimate of drug-likeness (QED) is 0.423. The maximum Gasteiger partial charge on any atom is 0.255 e. The molecule has 0 fully saturated rings. The number of hydrogen-bond acceptors (Lipinski definition) is 4. The van der Waals surface area contributed by atoms with Gasteiger partial charge in [0.15, 0.2) is 5.78 Å². The van der Waals surface area contributed by atoms with E-state index in [0.29, 0.717) is 34.7 Å². The molecule has 1 unspecified atom stereocenters. The van der Waals surface area contributed by atoms with Gasteiger partial charge in [0.1, 0.15) is 11.7 Å². The molecule has 0 spiro atoms. The third kappa shape index (κ3) is 4.43. The molecule has 1 atom stereocenters. The summed E-state index contributed by atoms with van der Waals surface area (Å²) >= 11 is 0. The van der Waals surface area contributed by atoms with Crippen LogP contribution in [0, 0.1) is 5.82 Å². The Kier molecular flexibility index (Phi) is 6.23. The molecular formula is C26H22FN3O4. The molecule has 3 aromatic carbocycles. The lowest BCUT2D eigenvalue weighted by Gasteiger charge is -2.15. The van der Waals surface area contributed by atoms with Gasteiger partial charge in [0.2, 0.25) is 11.8 Å². The number of anilines is 3. The summed E-state index contributed by atoms with van der Waals surface area (Å²) in [5.41, 5.74) is 2.35. The van der Waals surface area contributed by atoms with Crippen LogP contribution in [0.4, 0.5) is 21.5 Å². The SMILES string of the molecule is CCN1C(=O)C(C(=O)Nc2cccc(C(=O)Nc3cccc(F)c3)c2)c2cc(C(C)=O)ccc21. The lowest BCUT2D eigenvalue weighted by Crippen LogP contribution is -2.33. The highest BCUT2D eigenvalue weighted by atomic mass is 19.1. The van der Waals surface area contributed by atoms with Crippen molar-refractivity contribution in [2.24, 2.45) is 0 Å². The summed E-state index contributed by atoms with van der Waals surface area (Å²) in [5, 5.41) is 5.31. The number of halogens is 1. The van der Waals surface area contributed by atoms with E-state index in [2.05, 4.69) is 10.6 Å². The van der Waals surface area contributed by atoms with Crippen molar-refractivity contribution in [2.75, 3.05) is 22.1 Å². The van der Waals surface area contributed by atoms with Gasteiger partial charge in [-0.15, -0.1) is 0 Å². The number of nitrogens with zero attached hydrogens (tertiary/aromatic N) is 1. The van der Waals surface area contributed by atoms with E-state index in [-0.39, 0.29) is 17.3 Å². The molecule has 1 heterocycles. The van der Waals surface area contributed by atoms with Crippen molar-refractivity contribution in [1.29, 1.82) is 0 Å². The average Bonchev–Trinajstić information content (AvgIpc) is 3.09. The Hall–Kier alpha value is -4.33. The highest BCUT2D eigenvalue weighted by Gasteiger charge is 2.41. The highest BCUT2D eigenvalue weighted by Crippen LogP contribution is 2.38. The van der Waals surface area contributed by atoms with E-state index < -0.39 is 23.5 Å². The number of fused-ring (bicyclic) bond motifs is 1. The van der Waals surface area contributed by atoms with Gasteiger partial charge in [-0.3, -0.25) is 19.2 Å². The summed E-state index contributed by atoms with van der Waals surface area (Å²) < 4.78 is 13.4. The van der Waals surface area contributed by atoms with Crippen molar-refractivity contribution in [1.82, 2.24) is 0 Å². The minimum Gasteiger partial charge on any atom is -0.325 e. The summed E-state index contributed by atoms with van der Waals surface area (Å²) in [6.07, 6.45) is 0. The molecule has 3 aromatic rings. The monoisotopic (exact) mass is 459 g/mol. The van der Waals surface area contributed by atoms with E-state index in [4.69, 9.17) is 0 Å². The first-order chi connectivity index (χ1) is 16.3. The van der Waals surface area contributed by atoms with Gasteiger partial charge in [-0.2, -0.15) is 0 Å². The van der Waals surface area contributed by atoms with Crippen molar-refractivity contribution in [2.45, 2.75) is 19.8 Å². The van der Waals surface area contributed by atoms with Crippen LogP contribution in [0.5, 0.6) is 0 Å². The second-order valence-corrected chi connectivity index (χ2v) is 7.88. The molecule has 1 aliphatic heterocycles. The van der Waals surface area contributed by atoms with Crippen molar-refractivity contribution < 1.29 is 23.6 Å². The predicted molar refractivity (Wildman–Crippen MR) is 127 cm³/mol. The number of ketones is 1. The second-order valence-electron chi connectivity index (χ2n) is 7.88. The molecule has 7 nitrogen and oxygen atoms in total. The van der Waals surface area contributed by atoms with Crippen LogP contribution < -0.4 is 15.5 Å². The number of nitrogens with one attached hydrogen (secondary N) is 2. The Labute approximate surface area is 195 Å². The van der Waals surface area contributed by atoms with Gasteiger partial charge < -0.3 is 15.5 Å². The number of carbonyl (C=O) groups excluding carboxylic acids is 4. The standard InChI is InChI=1S/C26H22FN3O4/c1-3-30-22-11-10-16(15(2)31)13-21(22)23(26(30)34)25(33)29-19-8-4-6-17(12-19)24(32)28-20-9-5-7-18(27)14-20/h4-14,23H,3H2,1-2H3,(H,28,32)(H,29,33). The Morgan fingerprint density at radius 2 is 1.62 bits per heavy atom. The maximum absolute atomic E-state index is 13.4. The number of Topliss-reactive ketones (excluding diaryl/α,β-unsaturated/α-hetero) is 1. The van der Waals surface area contributed by atoms with Crippen LogP contribution in [0.1, 0.15) is 46.0 Å². The van der Waals surface area contributed by atoms with E-state index in [1.165, 1.54) is 36.1 Å². The van der Waals surface area contributed by atoms with Crippen LogP contribution in [-0.2, 0) is 9.59 Å². The Morgan fingerprint density at radius 3 is 2.29 bits per heavy atom. The minimum absolute atomic E-state index is 0.165. The van der Waals surface area contributed by atoms with E-state index >= 15 is 0 Å². The fraction of sp³-hybridized carbons (Fsp3) is 0.154. The molecule has 0 radical (unpaired) electrons. The Balaban J connectivity index is 1.56. The molecular weight excluding hydrogens is 437 g/mol. The van der Waals surface area contributed by atoms with Gasteiger partial charge in [0.25, 0.3) is 5.91 Å². The number of likely N-dealkylation sites (N-methyl/N-ethyl adjacent to an activating group) is 1. The second kappa shape index (κ2) is 9.27. The first kappa shape index (κ1) is 22.8. The third-order valence-corrected chi connectivity index (χ3v) is 5.60. The number of hydrogen-bond donors (Lipinski definition) is 2. The molecule has 2 N–H and O–H groups in total.